The molecule has 3 rings (SSSR count). The van der Waals surface area contributed by atoms with Crippen LogP contribution >= 0.6 is 0 Å². The SMILES string of the molecule is CNc1cccc(N2CCCC2C2CCCC2)c1[N+](=O)[O-]. The molecule has 1 aliphatic carbocycles. The molecule has 1 aliphatic heterocycles. The number of rotatable bonds is 4. The summed E-state index contributed by atoms with van der Waals surface area (Å²) in [6, 6.07) is 6.09. The van der Waals surface area contributed by atoms with Gasteiger partial charge in [0.1, 0.15) is 11.4 Å². The monoisotopic (exact) mass is 289 g/mol. The number of nitro benzene ring substituents is 1. The summed E-state index contributed by atoms with van der Waals surface area (Å²) in [6.07, 6.45) is 7.50. The van der Waals surface area contributed by atoms with Crippen LogP contribution in [0.2, 0.25) is 0 Å². The lowest BCUT2D eigenvalue weighted by Crippen LogP contribution is -2.35. The standard InChI is InChI=1S/C16H23N3O2/c1-17-13-8-4-9-15(16(13)19(20)21)18-11-5-10-14(18)12-6-2-3-7-12/h4,8-9,12,14,17H,2-3,5-7,10-11H2,1H3. The number of hydrogen-bond donors (Lipinski definition) is 1. The first kappa shape index (κ1) is 14.2. The highest BCUT2D eigenvalue weighted by Crippen LogP contribution is 2.42. The fourth-order valence-electron chi connectivity index (χ4n) is 4.08. The predicted octanol–water partition coefficient (Wildman–Crippen LogP) is 3.80. The van der Waals surface area contributed by atoms with Crippen LogP contribution in [-0.2, 0) is 0 Å². The van der Waals surface area contributed by atoms with Crippen LogP contribution in [0.25, 0.3) is 0 Å². The number of nitrogens with zero attached hydrogens (tertiary/aromatic N) is 2. The van der Waals surface area contributed by atoms with Crippen molar-refractivity contribution in [3.63, 3.8) is 0 Å². The van der Waals surface area contributed by atoms with Crippen molar-refractivity contribution >= 4 is 17.1 Å². The van der Waals surface area contributed by atoms with Crippen LogP contribution in [0.4, 0.5) is 17.1 Å². The predicted molar refractivity (Wildman–Crippen MR) is 85.0 cm³/mol. The van der Waals surface area contributed by atoms with Crippen molar-refractivity contribution in [2.75, 3.05) is 23.8 Å². The molecule has 1 N–H and O–H groups in total. The summed E-state index contributed by atoms with van der Waals surface area (Å²) in [5.74, 6) is 0.713. The summed E-state index contributed by atoms with van der Waals surface area (Å²) >= 11 is 0. The minimum Gasteiger partial charge on any atom is -0.382 e. The lowest BCUT2D eigenvalue weighted by atomic mass is 9.95. The zero-order valence-corrected chi connectivity index (χ0v) is 12.5. The first-order chi connectivity index (χ1) is 10.2. The fourth-order valence-corrected chi connectivity index (χ4v) is 4.08. The van der Waals surface area contributed by atoms with Gasteiger partial charge >= 0.3 is 5.69 Å². The summed E-state index contributed by atoms with van der Waals surface area (Å²) in [4.78, 5) is 13.6. The molecule has 1 atom stereocenters. The van der Waals surface area contributed by atoms with Gasteiger partial charge in [0.25, 0.3) is 0 Å². The Labute approximate surface area is 125 Å². The third-order valence-electron chi connectivity index (χ3n) is 5.02. The van der Waals surface area contributed by atoms with E-state index in [9.17, 15) is 10.1 Å². The number of nitrogens with one attached hydrogen (secondary N) is 1. The van der Waals surface area contributed by atoms with E-state index in [0.717, 1.165) is 18.7 Å². The topological polar surface area (TPSA) is 58.4 Å². The van der Waals surface area contributed by atoms with Gasteiger partial charge in [0, 0.05) is 19.6 Å². The molecular weight excluding hydrogens is 266 g/mol. The molecule has 5 heteroatoms. The van der Waals surface area contributed by atoms with Crippen molar-refractivity contribution < 1.29 is 4.92 Å². The summed E-state index contributed by atoms with van der Waals surface area (Å²) in [5, 5.41) is 14.5. The summed E-state index contributed by atoms with van der Waals surface area (Å²) in [6.45, 7) is 0.940. The van der Waals surface area contributed by atoms with Crippen LogP contribution in [0.3, 0.4) is 0 Å². The normalized spacial score (nSPS) is 22.7. The van der Waals surface area contributed by atoms with Crippen molar-refractivity contribution in [2.24, 2.45) is 5.92 Å². The molecule has 1 saturated heterocycles. The highest BCUT2D eigenvalue weighted by atomic mass is 16.6. The second-order valence-corrected chi connectivity index (χ2v) is 6.13. The molecule has 1 aromatic carbocycles. The number of hydrogen-bond acceptors (Lipinski definition) is 4. The highest BCUT2D eigenvalue weighted by Gasteiger charge is 2.36. The first-order valence-corrected chi connectivity index (χ1v) is 7.94. The highest BCUT2D eigenvalue weighted by molar-refractivity contribution is 5.77. The van der Waals surface area contributed by atoms with Crippen molar-refractivity contribution in [3.05, 3.63) is 28.3 Å². The molecule has 0 bridgehead atoms. The molecule has 1 aromatic rings. The van der Waals surface area contributed by atoms with Crippen LogP contribution in [0.15, 0.2) is 18.2 Å². The van der Waals surface area contributed by atoms with Crippen LogP contribution in [-0.4, -0.2) is 24.6 Å². The maximum atomic E-state index is 11.5. The molecule has 5 nitrogen and oxygen atoms in total. The maximum absolute atomic E-state index is 11.5. The van der Waals surface area contributed by atoms with E-state index in [2.05, 4.69) is 10.2 Å². The number of anilines is 2. The molecule has 0 radical (unpaired) electrons. The molecule has 21 heavy (non-hydrogen) atoms. The summed E-state index contributed by atoms with van der Waals surface area (Å²) in [7, 11) is 1.74. The quantitative estimate of drug-likeness (QED) is 0.676. The van der Waals surface area contributed by atoms with Crippen LogP contribution in [0, 0.1) is 16.0 Å². The fraction of sp³-hybridized carbons (Fsp3) is 0.625. The maximum Gasteiger partial charge on any atom is 0.315 e. The third kappa shape index (κ3) is 2.57. The van der Waals surface area contributed by atoms with E-state index in [0.29, 0.717) is 17.6 Å². The zero-order chi connectivity index (χ0) is 14.8. The Morgan fingerprint density at radius 1 is 1.24 bits per heavy atom. The smallest absolute Gasteiger partial charge is 0.315 e. The lowest BCUT2D eigenvalue weighted by molar-refractivity contribution is -0.383. The van der Waals surface area contributed by atoms with E-state index in [1.807, 2.05) is 12.1 Å². The Balaban J connectivity index is 1.96. The molecule has 1 saturated carbocycles. The van der Waals surface area contributed by atoms with Gasteiger partial charge in [0.05, 0.1) is 4.92 Å². The Morgan fingerprint density at radius 3 is 2.67 bits per heavy atom. The van der Waals surface area contributed by atoms with Crippen molar-refractivity contribution in [1.82, 2.24) is 0 Å². The van der Waals surface area contributed by atoms with Crippen LogP contribution in [0.5, 0.6) is 0 Å². The van der Waals surface area contributed by atoms with Gasteiger partial charge < -0.3 is 10.2 Å². The average Bonchev–Trinajstić information content (AvgIpc) is 3.16. The van der Waals surface area contributed by atoms with E-state index < -0.39 is 0 Å². The molecule has 114 valence electrons. The average molecular weight is 289 g/mol. The molecule has 2 aliphatic rings. The van der Waals surface area contributed by atoms with Gasteiger partial charge in [-0.25, -0.2) is 0 Å². The largest absolute Gasteiger partial charge is 0.382 e. The van der Waals surface area contributed by atoms with Gasteiger partial charge in [0.2, 0.25) is 0 Å². The third-order valence-corrected chi connectivity index (χ3v) is 5.02. The molecule has 2 fully saturated rings. The number of para-hydroxylation sites is 1. The van der Waals surface area contributed by atoms with Gasteiger partial charge in [-0.3, -0.25) is 10.1 Å². The molecule has 0 aromatic heterocycles. The van der Waals surface area contributed by atoms with Crippen molar-refractivity contribution in [2.45, 2.75) is 44.6 Å². The van der Waals surface area contributed by atoms with E-state index in [-0.39, 0.29) is 10.6 Å². The van der Waals surface area contributed by atoms with E-state index in [1.54, 1.807) is 13.1 Å². The van der Waals surface area contributed by atoms with Gasteiger partial charge in [-0.2, -0.15) is 0 Å². The van der Waals surface area contributed by atoms with Gasteiger partial charge in [-0.1, -0.05) is 18.9 Å². The molecule has 0 spiro atoms. The Bertz CT molecular complexity index is 526. The van der Waals surface area contributed by atoms with Crippen LogP contribution in [0.1, 0.15) is 38.5 Å². The molecule has 0 amide bonds. The molecular formula is C16H23N3O2. The van der Waals surface area contributed by atoms with E-state index >= 15 is 0 Å². The van der Waals surface area contributed by atoms with Crippen molar-refractivity contribution in [1.29, 1.82) is 0 Å². The van der Waals surface area contributed by atoms with Crippen molar-refractivity contribution in [3.8, 4) is 0 Å². The molecule has 1 heterocycles. The minimum atomic E-state index is -0.245. The molecule has 1 unspecified atom stereocenters. The number of nitro groups is 1. The second-order valence-electron chi connectivity index (χ2n) is 6.13. The Kier molecular flexibility index (Phi) is 3.99. The minimum absolute atomic E-state index is 0.227. The van der Waals surface area contributed by atoms with E-state index in [1.165, 1.54) is 32.1 Å². The van der Waals surface area contributed by atoms with Gasteiger partial charge in [0.15, 0.2) is 0 Å². The van der Waals surface area contributed by atoms with Gasteiger partial charge in [-0.15, -0.1) is 0 Å². The zero-order valence-electron chi connectivity index (χ0n) is 12.5. The lowest BCUT2D eigenvalue weighted by Gasteiger charge is -2.31. The van der Waals surface area contributed by atoms with Crippen LogP contribution < -0.4 is 10.2 Å². The summed E-state index contributed by atoms with van der Waals surface area (Å²) in [5.41, 5.74) is 1.63. The Morgan fingerprint density at radius 2 is 2.00 bits per heavy atom. The first-order valence-electron chi connectivity index (χ1n) is 7.94. The second kappa shape index (κ2) is 5.92. The number of benzene rings is 1. The van der Waals surface area contributed by atoms with E-state index in [4.69, 9.17) is 0 Å². The summed E-state index contributed by atoms with van der Waals surface area (Å²) < 4.78 is 0. The Hall–Kier alpha value is -1.78. The van der Waals surface area contributed by atoms with Gasteiger partial charge in [-0.05, 0) is 43.7 Å².